The predicted octanol–water partition coefficient (Wildman–Crippen LogP) is 5.57. The maximum absolute atomic E-state index is 13.2. The number of amides is 1. The minimum atomic E-state index is -0.340. The summed E-state index contributed by atoms with van der Waals surface area (Å²) in [6, 6.07) is 14.9. The van der Waals surface area contributed by atoms with Crippen molar-refractivity contribution in [3.05, 3.63) is 59.9 Å². The predicted molar refractivity (Wildman–Crippen MR) is 117 cm³/mol. The van der Waals surface area contributed by atoms with E-state index in [0.717, 1.165) is 54.5 Å². The maximum atomic E-state index is 13.2. The molecule has 2 saturated heterocycles. The van der Waals surface area contributed by atoms with Crippen molar-refractivity contribution in [1.29, 1.82) is 0 Å². The first kappa shape index (κ1) is 21.3. The molecule has 0 saturated carbocycles. The number of thioether (sulfide) groups is 1. The zero-order chi connectivity index (χ0) is 20.8. The highest BCUT2D eigenvalue weighted by atomic mass is 32.2. The molecule has 2 aromatic rings. The third-order valence-corrected chi connectivity index (χ3v) is 7.46. The average molecular weight is 430 g/mol. The van der Waals surface area contributed by atoms with Crippen LogP contribution in [0.4, 0.5) is 4.39 Å². The summed E-state index contributed by atoms with van der Waals surface area (Å²) in [6.07, 6.45) is 6.18. The van der Waals surface area contributed by atoms with E-state index in [1.165, 1.54) is 18.6 Å². The molecule has 0 aromatic heterocycles. The summed E-state index contributed by atoms with van der Waals surface area (Å²) in [5.74, 6) is 0.695. The summed E-state index contributed by atoms with van der Waals surface area (Å²) in [5.41, 5.74) is 5.80. The monoisotopic (exact) mass is 429 g/mol. The molecule has 0 spiro atoms. The van der Waals surface area contributed by atoms with Crippen LogP contribution >= 0.6 is 11.8 Å². The van der Waals surface area contributed by atoms with Crippen LogP contribution in [-0.2, 0) is 19.1 Å². The van der Waals surface area contributed by atoms with Crippen molar-refractivity contribution >= 4 is 17.7 Å². The lowest BCUT2D eigenvalue weighted by molar-refractivity contribution is -0.200. The normalized spacial score (nSPS) is 24.4. The van der Waals surface area contributed by atoms with Gasteiger partial charge in [-0.1, -0.05) is 42.8 Å². The van der Waals surface area contributed by atoms with E-state index in [1.807, 2.05) is 11.8 Å². The zero-order valence-corrected chi connectivity index (χ0v) is 17.9. The van der Waals surface area contributed by atoms with Crippen molar-refractivity contribution in [3.63, 3.8) is 0 Å². The minimum Gasteiger partial charge on any atom is -0.350 e. The van der Waals surface area contributed by atoms with Gasteiger partial charge in [0.05, 0.1) is 0 Å². The van der Waals surface area contributed by atoms with Crippen molar-refractivity contribution in [1.82, 2.24) is 5.48 Å². The molecule has 4 rings (SSSR count). The second-order valence-corrected chi connectivity index (χ2v) is 9.48. The van der Waals surface area contributed by atoms with Gasteiger partial charge in [-0.2, -0.15) is 0 Å². The Balaban J connectivity index is 1.45. The molecule has 160 valence electrons. The number of carbonyl (C=O) groups is 1. The van der Waals surface area contributed by atoms with Crippen molar-refractivity contribution in [3.8, 4) is 11.1 Å². The van der Waals surface area contributed by atoms with Gasteiger partial charge in [-0.3, -0.25) is 4.79 Å². The van der Waals surface area contributed by atoms with Crippen molar-refractivity contribution in [2.45, 2.75) is 56.0 Å². The van der Waals surface area contributed by atoms with Gasteiger partial charge in [0.15, 0.2) is 6.29 Å². The number of hydroxylamine groups is 1. The van der Waals surface area contributed by atoms with Gasteiger partial charge >= 0.3 is 0 Å². The third-order valence-electron chi connectivity index (χ3n) is 5.83. The number of nitrogens with one attached hydrogen (secondary N) is 1. The molecule has 6 heteroatoms. The molecule has 30 heavy (non-hydrogen) atoms. The fourth-order valence-corrected chi connectivity index (χ4v) is 5.73. The van der Waals surface area contributed by atoms with Gasteiger partial charge in [0, 0.05) is 24.2 Å². The Morgan fingerprint density at radius 2 is 1.80 bits per heavy atom. The van der Waals surface area contributed by atoms with Crippen LogP contribution in [0.2, 0.25) is 0 Å². The van der Waals surface area contributed by atoms with Gasteiger partial charge in [0.1, 0.15) is 5.82 Å². The number of ether oxygens (including phenoxy) is 1. The fraction of sp³-hybridized carbons (Fsp3) is 0.458. The number of benzene rings is 2. The first-order valence-electron chi connectivity index (χ1n) is 10.7. The van der Waals surface area contributed by atoms with Gasteiger partial charge in [0.25, 0.3) is 0 Å². The van der Waals surface area contributed by atoms with Gasteiger partial charge in [0.2, 0.25) is 5.91 Å². The largest absolute Gasteiger partial charge is 0.350 e. The van der Waals surface area contributed by atoms with Crippen LogP contribution in [0.5, 0.6) is 0 Å². The van der Waals surface area contributed by atoms with Crippen molar-refractivity contribution in [2.24, 2.45) is 0 Å². The van der Waals surface area contributed by atoms with Crippen LogP contribution in [0, 0.1) is 5.82 Å². The number of hydrogen-bond acceptors (Lipinski definition) is 4. The van der Waals surface area contributed by atoms with E-state index in [2.05, 4.69) is 29.7 Å². The molecule has 2 atom stereocenters. The first-order chi connectivity index (χ1) is 14.6. The summed E-state index contributed by atoms with van der Waals surface area (Å²) in [7, 11) is 0. The number of halogens is 1. The van der Waals surface area contributed by atoms with Crippen LogP contribution in [0.3, 0.4) is 0 Å². The van der Waals surface area contributed by atoms with E-state index >= 15 is 0 Å². The third kappa shape index (κ3) is 5.23. The summed E-state index contributed by atoms with van der Waals surface area (Å²) >= 11 is 1.86. The van der Waals surface area contributed by atoms with E-state index in [1.54, 1.807) is 12.1 Å². The Morgan fingerprint density at radius 1 is 1.07 bits per heavy atom. The van der Waals surface area contributed by atoms with Gasteiger partial charge in [-0.25, -0.2) is 14.7 Å². The highest BCUT2D eigenvalue weighted by molar-refractivity contribution is 8.00. The van der Waals surface area contributed by atoms with E-state index in [-0.39, 0.29) is 22.8 Å². The Labute approximate surface area is 181 Å². The number of carbonyl (C=O) groups excluding carboxylic acids is 1. The lowest BCUT2D eigenvalue weighted by Gasteiger charge is -2.37. The molecular weight excluding hydrogens is 401 g/mol. The number of hydrogen-bond donors (Lipinski definition) is 1. The second-order valence-electron chi connectivity index (χ2n) is 8.00. The molecule has 1 N–H and O–H groups in total. The molecule has 4 nitrogen and oxygen atoms in total. The fourth-order valence-electron chi connectivity index (χ4n) is 4.16. The highest BCUT2D eigenvalue weighted by Crippen LogP contribution is 2.48. The van der Waals surface area contributed by atoms with Crippen molar-refractivity contribution < 1.29 is 18.8 Å². The molecule has 1 amide bonds. The summed E-state index contributed by atoms with van der Waals surface area (Å²) < 4.78 is 18.5. The molecular formula is C24H28FNO3S. The number of rotatable bonds is 6. The van der Waals surface area contributed by atoms with Crippen LogP contribution < -0.4 is 5.48 Å². The van der Waals surface area contributed by atoms with Gasteiger partial charge < -0.3 is 4.74 Å². The molecule has 2 aliphatic rings. The van der Waals surface area contributed by atoms with Crippen LogP contribution in [0.1, 0.15) is 50.5 Å². The molecule has 2 heterocycles. The quantitative estimate of drug-likeness (QED) is 0.610. The SMILES string of the molecule is O=C(CC1(c2ccc(-c3ccc(F)cc3)cc2)CCCCS1)NOC1CCCCO1. The Hall–Kier alpha value is -1.89. The lowest BCUT2D eigenvalue weighted by Crippen LogP contribution is -2.37. The average Bonchev–Trinajstić information content (AvgIpc) is 2.80. The topological polar surface area (TPSA) is 47.6 Å². The van der Waals surface area contributed by atoms with E-state index in [4.69, 9.17) is 9.57 Å². The van der Waals surface area contributed by atoms with Crippen LogP contribution in [0.15, 0.2) is 48.5 Å². The van der Waals surface area contributed by atoms with Gasteiger partial charge in [-0.15, -0.1) is 11.8 Å². The zero-order valence-electron chi connectivity index (χ0n) is 17.1. The summed E-state index contributed by atoms with van der Waals surface area (Å²) in [6.45, 7) is 0.681. The van der Waals surface area contributed by atoms with Crippen LogP contribution in [0.25, 0.3) is 11.1 Å². The van der Waals surface area contributed by atoms with E-state index in [9.17, 15) is 9.18 Å². The first-order valence-corrected chi connectivity index (χ1v) is 11.7. The van der Waals surface area contributed by atoms with E-state index in [0.29, 0.717) is 13.0 Å². The summed E-state index contributed by atoms with van der Waals surface area (Å²) in [4.78, 5) is 18.2. The van der Waals surface area contributed by atoms with E-state index < -0.39 is 0 Å². The van der Waals surface area contributed by atoms with Crippen LogP contribution in [-0.4, -0.2) is 24.6 Å². The van der Waals surface area contributed by atoms with Gasteiger partial charge in [-0.05, 0) is 60.3 Å². The highest BCUT2D eigenvalue weighted by Gasteiger charge is 2.37. The standard InChI is InChI=1S/C24H28FNO3S/c25-21-12-8-19(9-13-21)18-6-10-20(11-7-18)24(14-2-4-16-30-24)17-22(27)26-29-23-5-1-3-15-28-23/h6-13,23H,1-5,14-17H2,(H,26,27). The van der Waals surface area contributed by atoms with Crippen molar-refractivity contribution in [2.75, 3.05) is 12.4 Å². The molecule has 2 aliphatic heterocycles. The Morgan fingerprint density at radius 3 is 2.43 bits per heavy atom. The minimum absolute atomic E-state index is 0.110. The Kier molecular flexibility index (Phi) is 7.08. The molecule has 2 unspecified atom stereocenters. The molecule has 0 radical (unpaired) electrons. The lowest BCUT2D eigenvalue weighted by atomic mass is 9.87. The summed E-state index contributed by atoms with van der Waals surface area (Å²) in [5, 5.41) is 0. The molecule has 0 bridgehead atoms. The second kappa shape index (κ2) is 9.94. The maximum Gasteiger partial charge on any atom is 0.245 e. The molecule has 2 fully saturated rings. The Bertz CT molecular complexity index is 829. The molecule has 0 aliphatic carbocycles. The molecule has 2 aromatic carbocycles. The smallest absolute Gasteiger partial charge is 0.245 e.